The van der Waals surface area contributed by atoms with Gasteiger partial charge in [0.25, 0.3) is 10.0 Å². The van der Waals surface area contributed by atoms with Crippen LogP contribution in [0.3, 0.4) is 0 Å². The summed E-state index contributed by atoms with van der Waals surface area (Å²) in [5.74, 6) is -0.973. The Hall–Kier alpha value is -1.64. The van der Waals surface area contributed by atoms with E-state index in [4.69, 9.17) is 28.9 Å². The first-order chi connectivity index (χ1) is 9.28. The second-order valence-corrected chi connectivity index (χ2v) is 6.04. The van der Waals surface area contributed by atoms with E-state index < -0.39 is 15.8 Å². The highest BCUT2D eigenvalue weighted by molar-refractivity contribution is 7.92. The standard InChI is InChI=1S/C10H7Cl2FN4O2S/c11-8-4-9(16-10(12)15-8)17-20(18,19)5-1-2-7(14)6(13)3-5/h1-4H,14H2,(H,15,16,17). The monoisotopic (exact) mass is 336 g/mol. The molecule has 0 aliphatic heterocycles. The number of nitrogens with one attached hydrogen (secondary N) is 1. The maximum Gasteiger partial charge on any atom is 0.263 e. The number of nitrogen functional groups attached to an aromatic ring is 1. The van der Waals surface area contributed by atoms with E-state index >= 15 is 0 Å². The van der Waals surface area contributed by atoms with Crippen molar-refractivity contribution in [3.63, 3.8) is 0 Å². The Labute approximate surface area is 123 Å². The number of rotatable bonds is 3. The van der Waals surface area contributed by atoms with Gasteiger partial charge in [-0.25, -0.2) is 17.8 Å². The minimum absolute atomic E-state index is 0.0359. The fourth-order valence-electron chi connectivity index (χ4n) is 1.31. The van der Waals surface area contributed by atoms with Crippen LogP contribution in [0.2, 0.25) is 10.4 Å². The van der Waals surface area contributed by atoms with Crippen molar-refractivity contribution in [3.8, 4) is 0 Å². The van der Waals surface area contributed by atoms with Gasteiger partial charge in [-0.2, -0.15) is 4.98 Å². The molecule has 1 heterocycles. The molecule has 0 spiro atoms. The smallest absolute Gasteiger partial charge is 0.263 e. The molecule has 0 aliphatic carbocycles. The van der Waals surface area contributed by atoms with Gasteiger partial charge in [-0.05, 0) is 29.8 Å². The van der Waals surface area contributed by atoms with Crippen molar-refractivity contribution >= 4 is 44.7 Å². The molecule has 1 aromatic carbocycles. The molecule has 0 atom stereocenters. The molecule has 106 valence electrons. The number of halogens is 3. The number of nitrogens with two attached hydrogens (primary N) is 1. The van der Waals surface area contributed by atoms with Crippen molar-refractivity contribution in [1.82, 2.24) is 9.97 Å². The summed E-state index contributed by atoms with van der Waals surface area (Å²) in [5, 5.41) is -0.259. The molecule has 2 aromatic rings. The number of benzene rings is 1. The van der Waals surface area contributed by atoms with E-state index in [0.29, 0.717) is 0 Å². The number of aromatic nitrogens is 2. The summed E-state index contributed by atoms with van der Waals surface area (Å²) in [6, 6.07) is 4.26. The molecule has 2 rings (SSSR count). The lowest BCUT2D eigenvalue weighted by Crippen LogP contribution is -2.14. The lowest BCUT2D eigenvalue weighted by Gasteiger charge is -2.08. The van der Waals surface area contributed by atoms with Crippen LogP contribution in [-0.4, -0.2) is 18.4 Å². The zero-order chi connectivity index (χ0) is 14.9. The van der Waals surface area contributed by atoms with Gasteiger partial charge in [0.15, 0.2) is 0 Å². The summed E-state index contributed by atoms with van der Waals surface area (Å²) < 4.78 is 39.4. The van der Waals surface area contributed by atoms with E-state index in [2.05, 4.69) is 14.7 Å². The van der Waals surface area contributed by atoms with Crippen molar-refractivity contribution in [1.29, 1.82) is 0 Å². The molecule has 0 saturated heterocycles. The Balaban J connectivity index is 2.37. The number of sulfonamides is 1. The fraction of sp³-hybridized carbons (Fsp3) is 0. The van der Waals surface area contributed by atoms with Gasteiger partial charge in [0.2, 0.25) is 5.28 Å². The average Bonchev–Trinajstić information content (AvgIpc) is 2.30. The molecule has 6 nitrogen and oxygen atoms in total. The first-order valence-electron chi connectivity index (χ1n) is 5.06. The number of nitrogens with zero attached hydrogens (tertiary/aromatic N) is 2. The molecule has 1 aromatic heterocycles. The Morgan fingerprint density at radius 1 is 1.20 bits per heavy atom. The zero-order valence-electron chi connectivity index (χ0n) is 9.64. The van der Waals surface area contributed by atoms with Crippen LogP contribution in [0.1, 0.15) is 0 Å². The largest absolute Gasteiger partial charge is 0.396 e. The predicted octanol–water partition coefficient (Wildman–Crippen LogP) is 2.31. The molecule has 0 unspecified atom stereocenters. The van der Waals surface area contributed by atoms with E-state index in [1.165, 1.54) is 6.07 Å². The summed E-state index contributed by atoms with van der Waals surface area (Å²) in [5.41, 5.74) is 5.12. The molecule has 3 N–H and O–H groups in total. The first kappa shape index (κ1) is 14.8. The van der Waals surface area contributed by atoms with Crippen LogP contribution in [0.25, 0.3) is 0 Å². The van der Waals surface area contributed by atoms with Crippen molar-refractivity contribution < 1.29 is 12.8 Å². The van der Waals surface area contributed by atoms with Crippen molar-refractivity contribution in [2.75, 3.05) is 10.5 Å². The SMILES string of the molecule is Nc1ccc(S(=O)(=O)Nc2cc(Cl)nc(Cl)n2)cc1F. The van der Waals surface area contributed by atoms with E-state index in [1.807, 2.05) is 0 Å². The van der Waals surface area contributed by atoms with Crippen molar-refractivity contribution in [3.05, 3.63) is 40.5 Å². The van der Waals surface area contributed by atoms with Gasteiger partial charge in [-0.3, -0.25) is 4.72 Å². The van der Waals surface area contributed by atoms with E-state index in [1.54, 1.807) is 0 Å². The second kappa shape index (κ2) is 5.39. The first-order valence-corrected chi connectivity index (χ1v) is 7.30. The van der Waals surface area contributed by atoms with Gasteiger partial charge in [-0.1, -0.05) is 11.6 Å². The average molecular weight is 337 g/mol. The van der Waals surface area contributed by atoms with E-state index in [0.717, 1.165) is 18.2 Å². The Morgan fingerprint density at radius 2 is 1.90 bits per heavy atom. The Morgan fingerprint density at radius 3 is 2.50 bits per heavy atom. The highest BCUT2D eigenvalue weighted by atomic mass is 35.5. The molecule has 10 heteroatoms. The van der Waals surface area contributed by atoms with Crippen LogP contribution in [0, 0.1) is 5.82 Å². The van der Waals surface area contributed by atoms with Crippen LogP contribution >= 0.6 is 23.2 Å². The molecule has 0 aliphatic rings. The normalized spacial score (nSPS) is 11.3. The maximum absolute atomic E-state index is 13.3. The second-order valence-electron chi connectivity index (χ2n) is 3.63. The summed E-state index contributed by atoms with van der Waals surface area (Å²) in [4.78, 5) is 6.91. The van der Waals surface area contributed by atoms with Crippen LogP contribution in [-0.2, 0) is 10.0 Å². The van der Waals surface area contributed by atoms with Gasteiger partial charge in [0, 0.05) is 6.07 Å². The van der Waals surface area contributed by atoms with Gasteiger partial charge >= 0.3 is 0 Å². The third-order valence-corrected chi connectivity index (χ3v) is 3.90. The maximum atomic E-state index is 13.3. The molecule has 0 radical (unpaired) electrons. The Bertz CT molecular complexity index is 750. The predicted molar refractivity (Wildman–Crippen MR) is 73.7 cm³/mol. The van der Waals surface area contributed by atoms with Gasteiger partial charge in [-0.15, -0.1) is 0 Å². The van der Waals surface area contributed by atoms with E-state index in [-0.39, 0.29) is 26.8 Å². The Kier molecular flexibility index (Phi) is 3.98. The lowest BCUT2D eigenvalue weighted by molar-refractivity contribution is 0.596. The number of anilines is 2. The fourth-order valence-corrected chi connectivity index (χ4v) is 2.73. The van der Waals surface area contributed by atoms with Crippen LogP contribution < -0.4 is 10.5 Å². The summed E-state index contributed by atoms with van der Waals surface area (Å²) in [6.45, 7) is 0. The third-order valence-electron chi connectivity index (χ3n) is 2.19. The molecule has 0 amide bonds. The summed E-state index contributed by atoms with van der Waals surface area (Å²) in [6.07, 6.45) is 0. The molecule has 0 saturated carbocycles. The number of hydrogen-bond acceptors (Lipinski definition) is 5. The van der Waals surface area contributed by atoms with Crippen molar-refractivity contribution in [2.45, 2.75) is 4.90 Å². The number of hydrogen-bond donors (Lipinski definition) is 2. The molecule has 0 fully saturated rings. The van der Waals surface area contributed by atoms with Crippen LogP contribution in [0.15, 0.2) is 29.2 Å². The van der Waals surface area contributed by atoms with Gasteiger partial charge in [0.1, 0.15) is 16.8 Å². The molecular formula is C10H7Cl2FN4O2S. The highest BCUT2D eigenvalue weighted by Crippen LogP contribution is 2.20. The van der Waals surface area contributed by atoms with Gasteiger partial charge < -0.3 is 5.73 Å². The zero-order valence-corrected chi connectivity index (χ0v) is 12.0. The minimum Gasteiger partial charge on any atom is -0.396 e. The van der Waals surface area contributed by atoms with Gasteiger partial charge in [0.05, 0.1) is 10.6 Å². The minimum atomic E-state index is -4.04. The third kappa shape index (κ3) is 3.27. The lowest BCUT2D eigenvalue weighted by atomic mass is 10.3. The summed E-state index contributed by atoms with van der Waals surface area (Å²) in [7, 11) is -4.04. The summed E-state index contributed by atoms with van der Waals surface area (Å²) >= 11 is 11.2. The molecular weight excluding hydrogens is 330 g/mol. The topological polar surface area (TPSA) is 98.0 Å². The molecule has 20 heavy (non-hydrogen) atoms. The van der Waals surface area contributed by atoms with E-state index in [9.17, 15) is 12.8 Å². The van der Waals surface area contributed by atoms with Crippen molar-refractivity contribution in [2.24, 2.45) is 0 Å². The quantitative estimate of drug-likeness (QED) is 0.509. The van der Waals surface area contributed by atoms with Crippen LogP contribution in [0.4, 0.5) is 15.9 Å². The van der Waals surface area contributed by atoms with Crippen LogP contribution in [0.5, 0.6) is 0 Å². The molecule has 0 bridgehead atoms. The highest BCUT2D eigenvalue weighted by Gasteiger charge is 2.17.